The maximum atomic E-state index is 12.6. The van der Waals surface area contributed by atoms with Crippen LogP contribution in [0.25, 0.3) is 0 Å². The van der Waals surface area contributed by atoms with Crippen LogP contribution in [0.4, 0.5) is 13.2 Å². The van der Waals surface area contributed by atoms with Crippen molar-refractivity contribution < 1.29 is 25.5 Å². The third-order valence-corrected chi connectivity index (χ3v) is 9.83. The molecule has 0 bridgehead atoms. The number of halogens is 3. The lowest BCUT2D eigenvalue weighted by Gasteiger charge is -2.38. The summed E-state index contributed by atoms with van der Waals surface area (Å²) in [5.74, 6) is 0. The van der Waals surface area contributed by atoms with Gasteiger partial charge in [0.1, 0.15) is 0 Å². The molecule has 0 radical (unpaired) electrons. The quantitative estimate of drug-likeness (QED) is 0.333. The van der Waals surface area contributed by atoms with Gasteiger partial charge in [-0.25, -0.2) is 0 Å². The second kappa shape index (κ2) is 10.0. The van der Waals surface area contributed by atoms with Crippen LogP contribution in [0, 0.1) is 0 Å². The first kappa shape index (κ1) is 22.9. The van der Waals surface area contributed by atoms with Gasteiger partial charge in [-0.05, 0) is 30.8 Å². The summed E-state index contributed by atoms with van der Waals surface area (Å²) in [6.45, 7) is 7.71. The molecular formula is C15H31F3O3SSi. The third-order valence-electron chi connectivity index (χ3n) is 4.50. The fourth-order valence-corrected chi connectivity index (χ4v) is 7.52. The lowest BCUT2D eigenvalue weighted by Crippen LogP contribution is -2.39. The predicted molar refractivity (Wildman–Crippen MR) is 90.3 cm³/mol. The van der Waals surface area contributed by atoms with Gasteiger partial charge >= 0.3 is 15.6 Å². The molecule has 0 rings (SSSR count). The number of alkyl halides is 3. The van der Waals surface area contributed by atoms with Crippen LogP contribution in [0.2, 0.25) is 11.6 Å². The first-order valence-electron chi connectivity index (χ1n) is 8.55. The van der Waals surface area contributed by atoms with Crippen molar-refractivity contribution in [2.24, 2.45) is 0 Å². The van der Waals surface area contributed by atoms with Gasteiger partial charge < -0.3 is 3.87 Å². The van der Waals surface area contributed by atoms with E-state index in [2.05, 4.69) is 0 Å². The molecule has 0 aromatic carbocycles. The highest BCUT2D eigenvalue weighted by Gasteiger charge is 2.50. The van der Waals surface area contributed by atoms with E-state index in [1.165, 1.54) is 0 Å². The van der Waals surface area contributed by atoms with Gasteiger partial charge in [-0.1, -0.05) is 59.3 Å². The zero-order valence-corrected chi connectivity index (χ0v) is 16.7. The molecular weight excluding hydrogens is 345 g/mol. The van der Waals surface area contributed by atoms with Gasteiger partial charge in [0.15, 0.2) is 0 Å². The third kappa shape index (κ3) is 7.13. The van der Waals surface area contributed by atoms with Crippen molar-refractivity contribution in [3.63, 3.8) is 0 Å². The van der Waals surface area contributed by atoms with Gasteiger partial charge in [0, 0.05) is 0 Å². The highest BCUT2D eigenvalue weighted by Crippen LogP contribution is 2.47. The Morgan fingerprint density at radius 1 is 0.870 bits per heavy atom. The molecule has 0 saturated carbocycles. The highest BCUT2D eigenvalue weighted by molar-refractivity contribution is 7.88. The van der Waals surface area contributed by atoms with Gasteiger partial charge in [-0.15, -0.1) is 0 Å². The summed E-state index contributed by atoms with van der Waals surface area (Å²) in [5, 5.41) is -0.375. The largest absolute Gasteiger partial charge is 0.522 e. The van der Waals surface area contributed by atoms with Crippen molar-refractivity contribution in [2.75, 3.05) is 0 Å². The smallest absolute Gasteiger partial charge is 0.312 e. The normalized spacial score (nSPS) is 14.9. The van der Waals surface area contributed by atoms with Gasteiger partial charge in [-0.3, -0.25) is 0 Å². The molecule has 0 amide bonds. The van der Waals surface area contributed by atoms with E-state index in [-0.39, 0.29) is 5.04 Å². The summed E-state index contributed by atoms with van der Waals surface area (Å²) >= 11 is 0. The van der Waals surface area contributed by atoms with E-state index in [0.717, 1.165) is 57.8 Å². The van der Waals surface area contributed by atoms with Crippen molar-refractivity contribution in [2.45, 2.75) is 95.7 Å². The number of hydrogen-bond acceptors (Lipinski definition) is 3. The Hall–Kier alpha value is -0.0831. The Balaban J connectivity index is 5.41. The zero-order valence-electron chi connectivity index (χ0n) is 14.7. The maximum Gasteiger partial charge on any atom is 0.522 e. The fourth-order valence-electron chi connectivity index (χ4n) is 2.92. The Morgan fingerprint density at radius 3 is 1.48 bits per heavy atom. The molecule has 1 unspecified atom stereocenters. The van der Waals surface area contributed by atoms with Crippen LogP contribution in [0.5, 0.6) is 0 Å². The van der Waals surface area contributed by atoms with Crippen molar-refractivity contribution in [3.8, 4) is 0 Å². The summed E-state index contributed by atoms with van der Waals surface area (Å²) in [4.78, 5) is 0. The van der Waals surface area contributed by atoms with Gasteiger partial charge in [-0.2, -0.15) is 21.6 Å². The molecule has 140 valence electrons. The van der Waals surface area contributed by atoms with Crippen LogP contribution in [0.15, 0.2) is 0 Å². The standard InChI is InChI=1S/C15H31F3O3SSi/c1-5-8-11-14(12-9-6-2,13-10-7-3)23(4)21-22(19,20)15(16,17)18/h23H,5-13H2,1-4H3. The van der Waals surface area contributed by atoms with E-state index >= 15 is 0 Å². The molecule has 0 saturated heterocycles. The summed E-state index contributed by atoms with van der Waals surface area (Å²) in [5.41, 5.74) is -5.33. The Kier molecular flexibility index (Phi) is 10.00. The van der Waals surface area contributed by atoms with Gasteiger partial charge in [0.05, 0.1) is 0 Å². The molecule has 3 nitrogen and oxygen atoms in total. The lowest BCUT2D eigenvalue weighted by molar-refractivity contribution is -0.0503. The fraction of sp³-hybridized carbons (Fsp3) is 1.00. The van der Waals surface area contributed by atoms with Crippen molar-refractivity contribution >= 4 is 19.2 Å². The van der Waals surface area contributed by atoms with Crippen LogP contribution in [0.3, 0.4) is 0 Å². The lowest BCUT2D eigenvalue weighted by atomic mass is 9.89. The monoisotopic (exact) mass is 376 g/mol. The van der Waals surface area contributed by atoms with E-state index in [0.29, 0.717) is 0 Å². The van der Waals surface area contributed by atoms with E-state index < -0.39 is 24.7 Å². The van der Waals surface area contributed by atoms with Gasteiger partial charge in [0.25, 0.3) is 0 Å². The van der Waals surface area contributed by atoms with Crippen molar-refractivity contribution in [1.29, 1.82) is 0 Å². The summed E-state index contributed by atoms with van der Waals surface area (Å²) in [7, 11) is -8.07. The molecule has 1 atom stereocenters. The summed E-state index contributed by atoms with van der Waals surface area (Å²) < 4.78 is 65.5. The Bertz CT molecular complexity index is 402. The Morgan fingerprint density at radius 2 is 1.22 bits per heavy atom. The van der Waals surface area contributed by atoms with Crippen molar-refractivity contribution in [1.82, 2.24) is 0 Å². The molecule has 0 heterocycles. The second-order valence-electron chi connectivity index (χ2n) is 6.31. The predicted octanol–water partition coefficient (Wildman–Crippen LogP) is 5.52. The zero-order chi connectivity index (χ0) is 18.1. The number of hydrogen-bond donors (Lipinski definition) is 0. The molecule has 0 aliphatic rings. The average Bonchev–Trinajstić information content (AvgIpc) is 2.45. The van der Waals surface area contributed by atoms with E-state index in [9.17, 15) is 21.6 Å². The van der Waals surface area contributed by atoms with Crippen LogP contribution in [-0.2, 0) is 14.0 Å². The topological polar surface area (TPSA) is 43.4 Å². The molecule has 0 aromatic heterocycles. The van der Waals surface area contributed by atoms with Crippen LogP contribution in [-0.4, -0.2) is 23.0 Å². The number of rotatable bonds is 12. The first-order chi connectivity index (χ1) is 10.6. The highest BCUT2D eigenvalue weighted by atomic mass is 32.2. The minimum absolute atomic E-state index is 0.375. The first-order valence-corrected chi connectivity index (χ1v) is 12.2. The average molecular weight is 377 g/mol. The SMILES string of the molecule is CCCCC(CCCC)(CCCC)[SiH](C)OS(=O)(=O)C(F)(F)F. The molecule has 23 heavy (non-hydrogen) atoms. The maximum absolute atomic E-state index is 12.6. The van der Waals surface area contributed by atoms with Crippen LogP contribution < -0.4 is 0 Å². The number of unbranched alkanes of at least 4 members (excludes halogenated alkanes) is 3. The Labute approximate surface area is 140 Å². The van der Waals surface area contributed by atoms with Crippen LogP contribution >= 0.6 is 0 Å². The molecule has 0 spiro atoms. The molecule has 0 aromatic rings. The minimum Gasteiger partial charge on any atom is -0.312 e. The molecule has 0 aliphatic heterocycles. The second-order valence-corrected chi connectivity index (χ2v) is 11.0. The van der Waals surface area contributed by atoms with E-state index in [4.69, 9.17) is 3.87 Å². The molecule has 0 fully saturated rings. The minimum atomic E-state index is -5.49. The summed E-state index contributed by atoms with van der Waals surface area (Å²) in [6.07, 6.45) is 7.74. The van der Waals surface area contributed by atoms with Gasteiger partial charge in [0.2, 0.25) is 9.04 Å². The van der Waals surface area contributed by atoms with E-state index in [1.807, 2.05) is 20.8 Å². The van der Waals surface area contributed by atoms with Crippen LogP contribution in [0.1, 0.15) is 78.6 Å². The molecule has 8 heteroatoms. The molecule has 0 aliphatic carbocycles. The van der Waals surface area contributed by atoms with E-state index in [1.54, 1.807) is 6.55 Å². The molecule has 0 N–H and O–H groups in total. The van der Waals surface area contributed by atoms with Crippen molar-refractivity contribution in [3.05, 3.63) is 0 Å². The summed E-state index contributed by atoms with van der Waals surface area (Å²) in [6, 6.07) is 0.